The van der Waals surface area contributed by atoms with Crippen LogP contribution in [0, 0.1) is 10.1 Å². The molecule has 1 fully saturated rings. The molecule has 1 aromatic carbocycles. The maximum Gasteiger partial charge on any atom is 0.329 e. The van der Waals surface area contributed by atoms with E-state index in [0.717, 1.165) is 6.07 Å². The third-order valence-electron chi connectivity index (χ3n) is 3.97. The lowest BCUT2D eigenvalue weighted by atomic mass is 9.98. The highest BCUT2D eigenvalue weighted by Gasteiger charge is 2.46. The Morgan fingerprint density at radius 1 is 1.45 bits per heavy atom. The molecule has 8 nitrogen and oxygen atoms in total. The second-order valence-electron chi connectivity index (χ2n) is 5.28. The van der Waals surface area contributed by atoms with E-state index in [2.05, 4.69) is 0 Å². The number of aliphatic carboxylic acids is 1. The van der Waals surface area contributed by atoms with Crippen molar-refractivity contribution in [2.24, 2.45) is 0 Å². The maximum atomic E-state index is 12.5. The molecule has 1 N–H and O–H groups in total. The Morgan fingerprint density at radius 3 is 2.68 bits per heavy atom. The van der Waals surface area contributed by atoms with Gasteiger partial charge in [-0.1, -0.05) is 0 Å². The minimum atomic E-state index is -1.29. The summed E-state index contributed by atoms with van der Waals surface area (Å²) >= 11 is 0. The van der Waals surface area contributed by atoms with Gasteiger partial charge in [0.15, 0.2) is 5.75 Å². The minimum absolute atomic E-state index is 0.0453. The van der Waals surface area contributed by atoms with Gasteiger partial charge >= 0.3 is 11.7 Å². The van der Waals surface area contributed by atoms with Crippen molar-refractivity contribution in [1.82, 2.24) is 4.90 Å². The van der Waals surface area contributed by atoms with Crippen LogP contribution in [0.5, 0.6) is 5.75 Å². The van der Waals surface area contributed by atoms with E-state index >= 15 is 0 Å². The van der Waals surface area contributed by atoms with E-state index in [1.54, 1.807) is 0 Å². The second kappa shape index (κ2) is 5.63. The number of hydrogen-bond acceptors (Lipinski definition) is 5. The third-order valence-corrected chi connectivity index (χ3v) is 3.97. The molecule has 22 heavy (non-hydrogen) atoms. The number of rotatable bonds is 4. The van der Waals surface area contributed by atoms with Crippen LogP contribution < -0.4 is 4.74 Å². The van der Waals surface area contributed by atoms with Crippen molar-refractivity contribution in [3.05, 3.63) is 33.9 Å². The van der Waals surface area contributed by atoms with Gasteiger partial charge in [0, 0.05) is 18.2 Å². The molecule has 1 amide bonds. The van der Waals surface area contributed by atoms with Gasteiger partial charge < -0.3 is 14.7 Å². The lowest BCUT2D eigenvalue weighted by Crippen LogP contribution is -2.50. The molecule has 1 unspecified atom stereocenters. The average molecular weight is 308 g/mol. The summed E-state index contributed by atoms with van der Waals surface area (Å²) in [5.74, 6) is -1.57. The highest BCUT2D eigenvalue weighted by atomic mass is 16.6. The van der Waals surface area contributed by atoms with Crippen LogP contribution in [-0.2, 0) is 4.79 Å². The molecule has 0 bridgehead atoms. The molecule has 1 saturated heterocycles. The van der Waals surface area contributed by atoms with Crippen LogP contribution in [0.2, 0.25) is 0 Å². The topological polar surface area (TPSA) is 110 Å². The van der Waals surface area contributed by atoms with Gasteiger partial charge in [-0.05, 0) is 31.9 Å². The smallest absolute Gasteiger partial charge is 0.329 e. The van der Waals surface area contributed by atoms with E-state index in [9.17, 15) is 24.8 Å². The summed E-state index contributed by atoms with van der Waals surface area (Å²) in [6.45, 7) is 1.79. The molecular formula is C14H16N2O6. The summed E-state index contributed by atoms with van der Waals surface area (Å²) < 4.78 is 4.89. The third kappa shape index (κ3) is 2.47. The Kier molecular flexibility index (Phi) is 4.03. The Hall–Kier alpha value is -2.64. The van der Waals surface area contributed by atoms with Crippen molar-refractivity contribution in [3.63, 3.8) is 0 Å². The SMILES string of the molecule is COc1ccc(C(=O)N2CCCC2(C)C(=O)O)cc1[N+](=O)[O-]. The van der Waals surface area contributed by atoms with E-state index in [1.165, 1.54) is 31.1 Å². The number of carbonyl (C=O) groups is 2. The van der Waals surface area contributed by atoms with E-state index in [-0.39, 0.29) is 17.0 Å². The van der Waals surface area contributed by atoms with Crippen molar-refractivity contribution in [2.75, 3.05) is 13.7 Å². The predicted molar refractivity (Wildman–Crippen MR) is 76.0 cm³/mol. The number of nitro groups is 1. The molecule has 1 heterocycles. The number of likely N-dealkylation sites (tertiary alicyclic amines) is 1. The number of carboxylic acid groups (broad SMARTS) is 1. The molecule has 118 valence electrons. The van der Waals surface area contributed by atoms with E-state index in [0.29, 0.717) is 19.4 Å². The van der Waals surface area contributed by atoms with E-state index in [4.69, 9.17) is 4.74 Å². The van der Waals surface area contributed by atoms with Gasteiger partial charge in [0.05, 0.1) is 12.0 Å². The maximum absolute atomic E-state index is 12.5. The van der Waals surface area contributed by atoms with Crippen molar-refractivity contribution in [1.29, 1.82) is 0 Å². The molecule has 1 aromatic rings. The van der Waals surface area contributed by atoms with Gasteiger partial charge in [0.25, 0.3) is 5.91 Å². The zero-order valence-electron chi connectivity index (χ0n) is 12.2. The van der Waals surface area contributed by atoms with Crippen LogP contribution in [-0.4, -0.2) is 46.0 Å². The number of carbonyl (C=O) groups excluding carboxylic acids is 1. The molecule has 0 saturated carbocycles. The van der Waals surface area contributed by atoms with Crippen molar-refractivity contribution < 1.29 is 24.4 Å². The fourth-order valence-electron chi connectivity index (χ4n) is 2.63. The van der Waals surface area contributed by atoms with Crippen LogP contribution >= 0.6 is 0 Å². The average Bonchev–Trinajstić information content (AvgIpc) is 2.89. The zero-order valence-corrected chi connectivity index (χ0v) is 12.2. The van der Waals surface area contributed by atoms with Gasteiger partial charge in [-0.3, -0.25) is 14.9 Å². The fourth-order valence-corrected chi connectivity index (χ4v) is 2.63. The highest BCUT2D eigenvalue weighted by Crippen LogP contribution is 2.33. The number of nitrogens with zero attached hydrogens (tertiary/aromatic N) is 2. The Balaban J connectivity index is 2.40. The highest BCUT2D eigenvalue weighted by molar-refractivity contribution is 5.98. The molecule has 0 spiro atoms. The normalized spacial score (nSPS) is 20.7. The largest absolute Gasteiger partial charge is 0.490 e. The summed E-state index contributed by atoms with van der Waals surface area (Å²) in [6.07, 6.45) is 0.930. The summed E-state index contributed by atoms with van der Waals surface area (Å²) in [6, 6.07) is 3.84. The van der Waals surface area contributed by atoms with Crippen molar-refractivity contribution in [3.8, 4) is 5.75 Å². The summed E-state index contributed by atoms with van der Waals surface area (Å²) in [5.41, 5.74) is -1.54. The zero-order chi connectivity index (χ0) is 16.5. The quantitative estimate of drug-likeness (QED) is 0.669. The van der Waals surface area contributed by atoms with Gasteiger partial charge in [-0.25, -0.2) is 4.79 Å². The number of carboxylic acids is 1. The summed E-state index contributed by atoms with van der Waals surface area (Å²) in [7, 11) is 1.30. The molecule has 2 rings (SSSR count). The lowest BCUT2D eigenvalue weighted by molar-refractivity contribution is -0.385. The number of hydrogen-bond donors (Lipinski definition) is 1. The van der Waals surface area contributed by atoms with Crippen molar-refractivity contribution in [2.45, 2.75) is 25.3 Å². The molecule has 8 heteroatoms. The van der Waals surface area contributed by atoms with Crippen LogP contribution in [0.1, 0.15) is 30.1 Å². The van der Waals surface area contributed by atoms with Gasteiger partial charge in [0.2, 0.25) is 0 Å². The number of methoxy groups -OCH3 is 1. The monoisotopic (exact) mass is 308 g/mol. The van der Waals surface area contributed by atoms with Crippen LogP contribution in [0.25, 0.3) is 0 Å². The summed E-state index contributed by atoms with van der Waals surface area (Å²) in [4.78, 5) is 35.6. The second-order valence-corrected chi connectivity index (χ2v) is 5.28. The van der Waals surface area contributed by atoms with Crippen molar-refractivity contribution >= 4 is 17.6 Å². The van der Waals surface area contributed by atoms with E-state index in [1.807, 2.05) is 0 Å². The van der Waals surface area contributed by atoms with Crippen LogP contribution in [0.4, 0.5) is 5.69 Å². The molecule has 0 radical (unpaired) electrons. The predicted octanol–water partition coefficient (Wildman–Crippen LogP) is 1.68. The van der Waals surface area contributed by atoms with E-state index < -0.39 is 22.3 Å². The van der Waals surface area contributed by atoms with Gasteiger partial charge in [-0.15, -0.1) is 0 Å². The van der Waals surface area contributed by atoms with Gasteiger partial charge in [-0.2, -0.15) is 0 Å². The first-order valence-corrected chi connectivity index (χ1v) is 6.69. The molecule has 1 aliphatic rings. The fraction of sp³-hybridized carbons (Fsp3) is 0.429. The molecule has 0 aliphatic carbocycles. The first kappa shape index (κ1) is 15.7. The van der Waals surface area contributed by atoms with Crippen LogP contribution in [0.15, 0.2) is 18.2 Å². The number of benzene rings is 1. The molecule has 1 aliphatic heterocycles. The Morgan fingerprint density at radius 2 is 2.14 bits per heavy atom. The molecule has 0 aromatic heterocycles. The Labute approximate surface area is 126 Å². The van der Waals surface area contributed by atoms with Crippen LogP contribution in [0.3, 0.4) is 0 Å². The first-order chi connectivity index (χ1) is 10.3. The number of ether oxygens (including phenoxy) is 1. The number of nitro benzene ring substituents is 1. The lowest BCUT2D eigenvalue weighted by Gasteiger charge is -2.31. The minimum Gasteiger partial charge on any atom is -0.490 e. The molecular weight excluding hydrogens is 292 g/mol. The van der Waals surface area contributed by atoms with Gasteiger partial charge in [0.1, 0.15) is 5.54 Å². The summed E-state index contributed by atoms with van der Waals surface area (Å²) in [5, 5.41) is 20.4. The standard InChI is InChI=1S/C14H16N2O6/c1-14(13(18)19)6-3-7-15(14)12(17)9-4-5-11(22-2)10(8-9)16(20)21/h4-5,8H,3,6-7H2,1-2H3,(H,18,19). The molecule has 1 atom stereocenters. The first-order valence-electron chi connectivity index (χ1n) is 6.69. The Bertz CT molecular complexity index is 644. The number of amides is 1.